The molecular weight excluding hydrogens is 630 g/mol. The van der Waals surface area contributed by atoms with Gasteiger partial charge >= 0.3 is 0 Å². The van der Waals surface area contributed by atoms with Crippen molar-refractivity contribution in [2.75, 3.05) is 52.4 Å². The lowest BCUT2D eigenvalue weighted by Gasteiger charge is -2.44. The molecule has 246 valence electrons. The molecule has 2 heterocycles. The van der Waals surface area contributed by atoms with Crippen molar-refractivity contribution >= 4 is 46.4 Å². The van der Waals surface area contributed by atoms with Crippen molar-refractivity contribution in [3.05, 3.63) is 67.6 Å². The highest BCUT2D eigenvalue weighted by Gasteiger charge is 2.31. The minimum atomic E-state index is 0.620. The van der Waals surface area contributed by atoms with Crippen molar-refractivity contribution in [1.29, 1.82) is 0 Å². The second kappa shape index (κ2) is 20.0. The Kier molecular flexibility index (Phi) is 16.5. The van der Waals surface area contributed by atoms with Gasteiger partial charge in [0.2, 0.25) is 0 Å². The van der Waals surface area contributed by atoms with E-state index in [1.807, 2.05) is 30.3 Å². The Hall–Kier alpha value is -0.560. The molecule has 2 saturated heterocycles. The van der Waals surface area contributed by atoms with Crippen LogP contribution in [0.2, 0.25) is 20.1 Å². The van der Waals surface area contributed by atoms with Crippen molar-refractivity contribution in [2.24, 2.45) is 5.92 Å². The number of likely N-dealkylation sites (tertiary alicyclic amines) is 2. The van der Waals surface area contributed by atoms with E-state index in [0.29, 0.717) is 20.1 Å². The summed E-state index contributed by atoms with van der Waals surface area (Å²) < 4.78 is 0. The van der Waals surface area contributed by atoms with Crippen LogP contribution in [-0.2, 0) is 13.1 Å². The van der Waals surface area contributed by atoms with Gasteiger partial charge < -0.3 is 15.1 Å². The van der Waals surface area contributed by atoms with Crippen LogP contribution in [-0.4, -0.2) is 73.1 Å². The van der Waals surface area contributed by atoms with Crippen molar-refractivity contribution in [3.8, 4) is 0 Å². The van der Waals surface area contributed by atoms with Crippen molar-refractivity contribution in [3.63, 3.8) is 0 Å². The molecule has 0 saturated carbocycles. The fourth-order valence-corrected chi connectivity index (χ4v) is 7.75. The Balaban J connectivity index is 1.05. The molecular formula is C36H54Cl4N4. The monoisotopic (exact) mass is 682 g/mol. The minimum Gasteiger partial charge on any atom is -0.313 e. The maximum absolute atomic E-state index is 6.24. The third-order valence-electron chi connectivity index (χ3n) is 9.74. The molecule has 0 amide bonds. The van der Waals surface area contributed by atoms with Crippen LogP contribution in [0.1, 0.15) is 88.7 Å². The first kappa shape index (κ1) is 36.3. The summed E-state index contributed by atoms with van der Waals surface area (Å²) in [5.41, 5.74) is 2.43. The summed E-state index contributed by atoms with van der Waals surface area (Å²) in [5, 5.41) is 6.08. The Morgan fingerprint density at radius 1 is 0.727 bits per heavy atom. The minimum absolute atomic E-state index is 0.620. The largest absolute Gasteiger partial charge is 0.313 e. The van der Waals surface area contributed by atoms with E-state index in [4.69, 9.17) is 46.4 Å². The fourth-order valence-electron chi connectivity index (χ4n) is 7.11. The molecule has 0 bridgehead atoms. The highest BCUT2D eigenvalue weighted by atomic mass is 35.5. The number of hydrogen-bond acceptors (Lipinski definition) is 4. The van der Waals surface area contributed by atoms with Gasteiger partial charge in [-0.1, -0.05) is 84.7 Å². The normalized spacial score (nSPS) is 18.8. The molecule has 1 N–H and O–H groups in total. The average Bonchev–Trinajstić information content (AvgIpc) is 3.04. The molecule has 0 radical (unpaired) electrons. The molecule has 0 aliphatic carbocycles. The van der Waals surface area contributed by atoms with Crippen molar-refractivity contribution in [1.82, 2.24) is 20.0 Å². The summed E-state index contributed by atoms with van der Waals surface area (Å²) in [6.45, 7) is 13.7. The lowest BCUT2D eigenvalue weighted by Crippen LogP contribution is -2.48. The van der Waals surface area contributed by atoms with Gasteiger partial charge in [0, 0.05) is 19.1 Å². The predicted octanol–water partition coefficient (Wildman–Crippen LogP) is 9.82. The molecule has 1 atom stereocenters. The Morgan fingerprint density at radius 2 is 1.41 bits per heavy atom. The SMILES string of the molecule is CCN(CCCCN1CCCCC1C1CCN(CCCCCCNCc2ccc(Cl)c(Cl)c2)CC1)Cc1ccc(Cl)c(Cl)c1. The summed E-state index contributed by atoms with van der Waals surface area (Å²) in [7, 11) is 0. The molecule has 2 aromatic rings. The van der Waals surface area contributed by atoms with E-state index in [-0.39, 0.29) is 0 Å². The Bertz CT molecular complexity index is 1110. The van der Waals surface area contributed by atoms with E-state index >= 15 is 0 Å². The Morgan fingerprint density at radius 3 is 2.14 bits per heavy atom. The lowest BCUT2D eigenvalue weighted by atomic mass is 9.83. The summed E-state index contributed by atoms with van der Waals surface area (Å²) in [4.78, 5) is 8.13. The van der Waals surface area contributed by atoms with E-state index in [1.54, 1.807) is 0 Å². The van der Waals surface area contributed by atoms with Crippen LogP contribution >= 0.6 is 46.4 Å². The third kappa shape index (κ3) is 12.2. The van der Waals surface area contributed by atoms with E-state index in [9.17, 15) is 0 Å². The van der Waals surface area contributed by atoms with E-state index in [0.717, 1.165) is 44.7 Å². The zero-order valence-corrected chi connectivity index (χ0v) is 29.8. The highest BCUT2D eigenvalue weighted by Crippen LogP contribution is 2.31. The van der Waals surface area contributed by atoms with Gasteiger partial charge in [0.25, 0.3) is 0 Å². The van der Waals surface area contributed by atoms with E-state index < -0.39 is 0 Å². The number of halogens is 4. The van der Waals surface area contributed by atoms with E-state index in [2.05, 4.69) is 33.0 Å². The molecule has 44 heavy (non-hydrogen) atoms. The standard InChI is InChI=1S/C36H54Cl4N4/c1-2-42(28-30-13-15-33(38)35(40)26-30)19-9-10-22-44-21-8-5-11-36(44)31-16-23-43(24-17-31)20-7-4-3-6-18-41-27-29-12-14-32(37)34(39)25-29/h12-15,25-26,31,36,41H,2-11,16-24,27-28H2,1H3. The van der Waals surface area contributed by atoms with Gasteiger partial charge in [0.15, 0.2) is 0 Å². The number of unbranched alkanes of at least 4 members (excludes halogenated alkanes) is 4. The van der Waals surface area contributed by atoms with Crippen LogP contribution in [0, 0.1) is 5.92 Å². The van der Waals surface area contributed by atoms with Crippen molar-refractivity contribution < 1.29 is 0 Å². The summed E-state index contributed by atoms with van der Waals surface area (Å²) >= 11 is 24.5. The van der Waals surface area contributed by atoms with Gasteiger partial charge in [-0.15, -0.1) is 0 Å². The average molecular weight is 685 g/mol. The van der Waals surface area contributed by atoms with Crippen LogP contribution in [0.25, 0.3) is 0 Å². The summed E-state index contributed by atoms with van der Waals surface area (Å²) in [6.07, 6.45) is 14.7. The van der Waals surface area contributed by atoms with Gasteiger partial charge in [-0.05, 0) is 145 Å². The maximum atomic E-state index is 6.24. The molecule has 2 aromatic carbocycles. The molecule has 2 aliphatic rings. The molecule has 4 rings (SSSR count). The van der Waals surface area contributed by atoms with Gasteiger partial charge in [0.1, 0.15) is 0 Å². The van der Waals surface area contributed by atoms with Crippen LogP contribution < -0.4 is 5.32 Å². The Labute approximate surface area is 287 Å². The zero-order valence-electron chi connectivity index (χ0n) is 26.8. The molecule has 1 unspecified atom stereocenters. The topological polar surface area (TPSA) is 21.8 Å². The van der Waals surface area contributed by atoms with Gasteiger partial charge in [0.05, 0.1) is 20.1 Å². The summed E-state index contributed by atoms with van der Waals surface area (Å²) in [6, 6.07) is 12.7. The molecule has 0 spiro atoms. The number of hydrogen-bond donors (Lipinski definition) is 1. The first-order valence-electron chi connectivity index (χ1n) is 17.2. The second-order valence-corrected chi connectivity index (χ2v) is 14.6. The van der Waals surface area contributed by atoms with E-state index in [1.165, 1.54) is 114 Å². The van der Waals surface area contributed by atoms with Crippen molar-refractivity contribution in [2.45, 2.75) is 96.7 Å². The van der Waals surface area contributed by atoms with Gasteiger partial charge in [-0.2, -0.15) is 0 Å². The first-order chi connectivity index (χ1) is 21.4. The molecule has 0 aromatic heterocycles. The quantitative estimate of drug-likeness (QED) is 0.158. The van der Waals surface area contributed by atoms with Crippen LogP contribution in [0.15, 0.2) is 36.4 Å². The number of nitrogens with zero attached hydrogens (tertiary/aromatic N) is 3. The third-order valence-corrected chi connectivity index (χ3v) is 11.2. The number of rotatable bonds is 18. The van der Waals surface area contributed by atoms with Gasteiger partial charge in [-0.3, -0.25) is 4.90 Å². The molecule has 2 fully saturated rings. The van der Waals surface area contributed by atoms with Gasteiger partial charge in [-0.25, -0.2) is 0 Å². The van der Waals surface area contributed by atoms with Crippen LogP contribution in [0.3, 0.4) is 0 Å². The zero-order chi connectivity index (χ0) is 31.1. The number of nitrogens with one attached hydrogen (secondary N) is 1. The molecule has 8 heteroatoms. The smallest absolute Gasteiger partial charge is 0.0595 e. The second-order valence-electron chi connectivity index (χ2n) is 12.9. The van der Waals surface area contributed by atoms with Crippen LogP contribution in [0.4, 0.5) is 0 Å². The molecule has 4 nitrogen and oxygen atoms in total. The highest BCUT2D eigenvalue weighted by molar-refractivity contribution is 6.42. The summed E-state index contributed by atoms with van der Waals surface area (Å²) in [5.74, 6) is 0.884. The molecule has 2 aliphatic heterocycles. The van der Waals surface area contributed by atoms with Crippen LogP contribution in [0.5, 0.6) is 0 Å². The maximum Gasteiger partial charge on any atom is 0.0595 e. The lowest BCUT2D eigenvalue weighted by molar-refractivity contribution is 0.0583. The number of piperidine rings is 2. The number of benzene rings is 2. The fraction of sp³-hybridized carbons (Fsp3) is 0.667. The predicted molar refractivity (Wildman–Crippen MR) is 192 cm³/mol. The first-order valence-corrected chi connectivity index (χ1v) is 18.7.